The first-order valence-corrected chi connectivity index (χ1v) is 6.10. The van der Waals surface area contributed by atoms with Crippen molar-refractivity contribution in [2.45, 2.75) is 26.2 Å². The highest BCUT2D eigenvalue weighted by atomic mass is 32.1. The van der Waals surface area contributed by atoms with Gasteiger partial charge in [0, 0.05) is 4.88 Å². The van der Waals surface area contributed by atoms with E-state index in [0.29, 0.717) is 13.0 Å². The molecular weight excluding hydrogens is 208 g/mol. The summed E-state index contributed by atoms with van der Waals surface area (Å²) in [6.07, 6.45) is 4.72. The highest BCUT2D eigenvalue weighted by Crippen LogP contribution is 2.33. The van der Waals surface area contributed by atoms with Gasteiger partial charge in [-0.2, -0.15) is 0 Å². The monoisotopic (exact) mass is 222 g/mol. The van der Waals surface area contributed by atoms with Crippen LogP contribution >= 0.6 is 11.3 Å². The van der Waals surface area contributed by atoms with E-state index in [0.717, 1.165) is 18.4 Å². The van der Waals surface area contributed by atoms with Crippen molar-refractivity contribution in [1.29, 1.82) is 0 Å². The third-order valence-electron chi connectivity index (χ3n) is 2.48. The van der Waals surface area contributed by atoms with Crippen molar-refractivity contribution in [1.82, 2.24) is 0 Å². The first kappa shape index (κ1) is 10.4. The minimum Gasteiger partial charge on any atom is -0.466 e. The summed E-state index contributed by atoms with van der Waals surface area (Å²) in [6, 6.07) is 2.15. The maximum absolute atomic E-state index is 11.4. The number of esters is 1. The van der Waals surface area contributed by atoms with Gasteiger partial charge in [-0.3, -0.25) is 4.79 Å². The van der Waals surface area contributed by atoms with Gasteiger partial charge in [0.15, 0.2) is 0 Å². The molecule has 0 fully saturated rings. The molecule has 1 heterocycles. The second kappa shape index (κ2) is 4.62. The van der Waals surface area contributed by atoms with E-state index in [1.165, 1.54) is 10.4 Å². The van der Waals surface area contributed by atoms with Crippen LogP contribution in [0.25, 0.3) is 5.57 Å². The molecule has 0 radical (unpaired) electrons. The number of allylic oxidation sites excluding steroid dienone is 1. The van der Waals surface area contributed by atoms with E-state index < -0.39 is 0 Å². The molecule has 1 aliphatic carbocycles. The zero-order valence-corrected chi connectivity index (χ0v) is 9.60. The van der Waals surface area contributed by atoms with Crippen LogP contribution in [0.1, 0.15) is 30.2 Å². The van der Waals surface area contributed by atoms with E-state index in [1.807, 2.05) is 6.92 Å². The summed E-state index contributed by atoms with van der Waals surface area (Å²) in [4.78, 5) is 12.7. The summed E-state index contributed by atoms with van der Waals surface area (Å²) in [5.41, 5.74) is 2.52. The Bertz CT molecular complexity index is 390. The lowest BCUT2D eigenvalue weighted by Gasteiger charge is -2.12. The summed E-state index contributed by atoms with van der Waals surface area (Å²) in [7, 11) is 0. The van der Waals surface area contributed by atoms with E-state index in [-0.39, 0.29) is 5.97 Å². The summed E-state index contributed by atoms with van der Waals surface area (Å²) in [5.74, 6) is -0.120. The minimum atomic E-state index is -0.120. The highest BCUT2D eigenvalue weighted by Gasteiger charge is 2.16. The molecule has 0 amide bonds. The number of hydrogen-bond donors (Lipinski definition) is 0. The van der Waals surface area contributed by atoms with E-state index in [4.69, 9.17) is 4.74 Å². The summed E-state index contributed by atoms with van der Waals surface area (Å²) < 4.78 is 4.96. The van der Waals surface area contributed by atoms with Crippen molar-refractivity contribution in [3.63, 3.8) is 0 Å². The molecule has 0 unspecified atom stereocenters. The zero-order valence-electron chi connectivity index (χ0n) is 8.79. The first-order chi connectivity index (χ1) is 7.31. The summed E-state index contributed by atoms with van der Waals surface area (Å²) >= 11 is 1.72. The van der Waals surface area contributed by atoms with E-state index in [2.05, 4.69) is 17.5 Å². The molecule has 0 atom stereocenters. The quantitative estimate of drug-likeness (QED) is 0.735. The van der Waals surface area contributed by atoms with Gasteiger partial charge in [0.2, 0.25) is 0 Å². The molecule has 0 saturated heterocycles. The maximum Gasteiger partial charge on any atom is 0.310 e. The fraction of sp³-hybridized carbons (Fsp3) is 0.417. The second-order valence-electron chi connectivity index (χ2n) is 3.52. The van der Waals surface area contributed by atoms with Crippen molar-refractivity contribution in [3.05, 3.63) is 28.0 Å². The second-order valence-corrected chi connectivity index (χ2v) is 4.44. The molecule has 1 aromatic rings. The molecule has 1 aromatic heterocycles. The molecule has 15 heavy (non-hydrogen) atoms. The molecule has 0 spiro atoms. The van der Waals surface area contributed by atoms with Crippen molar-refractivity contribution < 1.29 is 9.53 Å². The lowest BCUT2D eigenvalue weighted by Crippen LogP contribution is -2.06. The van der Waals surface area contributed by atoms with Gasteiger partial charge in [-0.25, -0.2) is 0 Å². The maximum atomic E-state index is 11.4. The predicted molar refractivity (Wildman–Crippen MR) is 61.9 cm³/mol. The average molecular weight is 222 g/mol. The van der Waals surface area contributed by atoms with Crippen LogP contribution in [0.2, 0.25) is 0 Å². The van der Waals surface area contributed by atoms with Gasteiger partial charge in [0.05, 0.1) is 13.0 Å². The predicted octanol–water partition coefficient (Wildman–Crippen LogP) is 3.03. The van der Waals surface area contributed by atoms with Crippen molar-refractivity contribution in [3.8, 4) is 0 Å². The molecule has 0 aromatic carbocycles. The Hall–Kier alpha value is -1.09. The number of fused-ring (bicyclic) bond motifs is 1. The molecule has 80 valence electrons. The Labute approximate surface area is 93.6 Å². The standard InChI is InChI=1S/C12H14O2S/c1-2-14-11(13)8-10-5-3-4-9-6-7-15-12(9)10/h5-7H,2-4,8H2,1H3. The normalized spacial score (nSPS) is 14.3. The zero-order chi connectivity index (χ0) is 10.7. The van der Waals surface area contributed by atoms with Crippen molar-refractivity contribution >= 4 is 22.9 Å². The molecule has 0 saturated carbocycles. The van der Waals surface area contributed by atoms with Crippen LogP contribution in [0.4, 0.5) is 0 Å². The molecule has 3 heteroatoms. The minimum absolute atomic E-state index is 0.120. The molecular formula is C12H14O2S. The van der Waals surface area contributed by atoms with Crippen LogP contribution in [0.3, 0.4) is 0 Å². The van der Waals surface area contributed by atoms with Crippen LogP contribution in [-0.2, 0) is 16.0 Å². The number of carbonyl (C=O) groups excluding carboxylic acids is 1. The van der Waals surface area contributed by atoms with Crippen LogP contribution in [-0.4, -0.2) is 12.6 Å². The number of hydrogen-bond acceptors (Lipinski definition) is 3. The lowest BCUT2D eigenvalue weighted by atomic mass is 9.97. The number of thiophene rings is 1. The Balaban J connectivity index is 2.10. The molecule has 0 aliphatic heterocycles. The Morgan fingerprint density at radius 3 is 3.27 bits per heavy atom. The topological polar surface area (TPSA) is 26.3 Å². The van der Waals surface area contributed by atoms with Gasteiger partial charge in [-0.15, -0.1) is 11.3 Å². The van der Waals surface area contributed by atoms with Crippen LogP contribution in [0, 0.1) is 0 Å². The molecule has 2 rings (SSSR count). The molecule has 2 nitrogen and oxygen atoms in total. The van der Waals surface area contributed by atoms with E-state index in [9.17, 15) is 4.79 Å². The lowest BCUT2D eigenvalue weighted by molar-refractivity contribution is -0.141. The Kier molecular flexibility index (Phi) is 3.21. The van der Waals surface area contributed by atoms with Gasteiger partial charge >= 0.3 is 5.97 Å². The van der Waals surface area contributed by atoms with Gasteiger partial charge in [0.25, 0.3) is 0 Å². The molecule has 0 N–H and O–H groups in total. The molecule has 0 bridgehead atoms. The highest BCUT2D eigenvalue weighted by molar-refractivity contribution is 7.11. The van der Waals surface area contributed by atoms with Gasteiger partial charge in [0.1, 0.15) is 0 Å². The van der Waals surface area contributed by atoms with Crippen LogP contribution in [0.5, 0.6) is 0 Å². The third kappa shape index (κ3) is 2.29. The number of rotatable bonds is 3. The molecule has 1 aliphatic rings. The number of ether oxygens (including phenoxy) is 1. The van der Waals surface area contributed by atoms with Crippen molar-refractivity contribution in [2.75, 3.05) is 6.61 Å². The van der Waals surface area contributed by atoms with Gasteiger partial charge in [-0.05, 0) is 42.3 Å². The fourth-order valence-electron chi connectivity index (χ4n) is 1.83. The van der Waals surface area contributed by atoms with Gasteiger partial charge in [-0.1, -0.05) is 6.08 Å². The average Bonchev–Trinajstić information content (AvgIpc) is 2.67. The number of aryl methyl sites for hydroxylation is 1. The van der Waals surface area contributed by atoms with E-state index in [1.54, 1.807) is 11.3 Å². The van der Waals surface area contributed by atoms with Crippen LogP contribution < -0.4 is 0 Å². The van der Waals surface area contributed by atoms with Gasteiger partial charge < -0.3 is 4.74 Å². The number of carbonyl (C=O) groups is 1. The van der Waals surface area contributed by atoms with E-state index >= 15 is 0 Å². The van der Waals surface area contributed by atoms with Crippen LogP contribution in [0.15, 0.2) is 17.5 Å². The first-order valence-electron chi connectivity index (χ1n) is 5.22. The Morgan fingerprint density at radius 1 is 1.60 bits per heavy atom. The smallest absolute Gasteiger partial charge is 0.310 e. The van der Waals surface area contributed by atoms with Crippen molar-refractivity contribution in [2.24, 2.45) is 0 Å². The largest absolute Gasteiger partial charge is 0.466 e. The third-order valence-corrected chi connectivity index (χ3v) is 3.52. The Morgan fingerprint density at radius 2 is 2.47 bits per heavy atom. The summed E-state index contributed by atoms with van der Waals surface area (Å²) in [5, 5.41) is 2.09. The SMILES string of the molecule is CCOC(=O)CC1=CCCc2ccsc21. The fourth-order valence-corrected chi connectivity index (χ4v) is 2.83. The summed E-state index contributed by atoms with van der Waals surface area (Å²) in [6.45, 7) is 2.30.